The van der Waals surface area contributed by atoms with Crippen molar-refractivity contribution in [1.82, 2.24) is 19.9 Å². The van der Waals surface area contributed by atoms with Gasteiger partial charge in [0.25, 0.3) is 5.91 Å². The topological polar surface area (TPSA) is 101 Å². The number of piperidine rings is 1. The summed E-state index contributed by atoms with van der Waals surface area (Å²) in [5, 5.41) is 10.7. The maximum atomic E-state index is 13.1. The summed E-state index contributed by atoms with van der Waals surface area (Å²) in [6.07, 6.45) is 6.27. The maximum absolute atomic E-state index is 13.1. The monoisotopic (exact) mass is 498 g/mol. The van der Waals surface area contributed by atoms with Gasteiger partial charge in [-0.3, -0.25) is 4.79 Å². The Morgan fingerprint density at radius 3 is 2.69 bits per heavy atom. The van der Waals surface area contributed by atoms with E-state index < -0.39 is 11.7 Å². The minimum atomic E-state index is -0.526. The summed E-state index contributed by atoms with van der Waals surface area (Å²) in [6.45, 7) is 9.14. The second kappa shape index (κ2) is 10.1. The predicted octanol–water partition coefficient (Wildman–Crippen LogP) is 4.76. The number of carbonyl (C=O) groups excluding carboxylic acids is 2. The van der Waals surface area contributed by atoms with Crippen molar-refractivity contribution < 1.29 is 14.3 Å². The lowest BCUT2D eigenvalue weighted by molar-refractivity contribution is 0.0487. The number of rotatable bonds is 5. The average molecular weight is 499 g/mol. The Kier molecular flexibility index (Phi) is 7.16. The van der Waals surface area contributed by atoms with E-state index in [-0.39, 0.29) is 11.9 Å². The third-order valence-corrected chi connectivity index (χ3v) is 6.30. The van der Waals surface area contributed by atoms with Crippen LogP contribution in [0, 0.1) is 5.92 Å². The molecule has 0 spiro atoms. The molecule has 1 fully saturated rings. The number of benzene rings is 1. The first-order valence-electron chi connectivity index (χ1n) is 11.7. The second-order valence-corrected chi connectivity index (χ2v) is 10.3. The Bertz CT molecular complexity index is 1210. The fourth-order valence-electron chi connectivity index (χ4n) is 4.31. The van der Waals surface area contributed by atoms with Gasteiger partial charge in [0.05, 0.1) is 17.6 Å². The van der Waals surface area contributed by atoms with Gasteiger partial charge in [-0.25, -0.2) is 14.3 Å². The van der Waals surface area contributed by atoms with Gasteiger partial charge in [-0.2, -0.15) is 5.10 Å². The second-order valence-electron chi connectivity index (χ2n) is 9.82. The van der Waals surface area contributed by atoms with E-state index in [9.17, 15) is 9.59 Å². The van der Waals surface area contributed by atoms with Gasteiger partial charge in [0, 0.05) is 36.5 Å². The normalized spacial score (nSPS) is 15.6. The van der Waals surface area contributed by atoms with Crippen molar-refractivity contribution in [3.63, 3.8) is 0 Å². The molecule has 0 radical (unpaired) electrons. The minimum absolute atomic E-state index is 0.000451. The van der Waals surface area contributed by atoms with Crippen LogP contribution in [0.4, 0.5) is 16.2 Å². The zero-order valence-electron chi connectivity index (χ0n) is 20.4. The van der Waals surface area contributed by atoms with E-state index in [2.05, 4.69) is 25.6 Å². The van der Waals surface area contributed by atoms with Crippen molar-refractivity contribution >= 4 is 40.6 Å². The van der Waals surface area contributed by atoms with Gasteiger partial charge in [-0.05, 0) is 70.7 Å². The summed E-state index contributed by atoms with van der Waals surface area (Å²) in [7, 11) is 0. The number of halogens is 1. The van der Waals surface area contributed by atoms with E-state index in [4.69, 9.17) is 16.3 Å². The van der Waals surface area contributed by atoms with Crippen molar-refractivity contribution in [2.75, 3.05) is 23.3 Å². The molecule has 1 atom stereocenters. The first kappa shape index (κ1) is 24.8. The SMILES string of the molecule is CC(NC(=O)OC(C)(C)C)C1CCN(c2ccc(Cl)cc2NC(=O)c2cnn3cccnc23)CC1. The number of ether oxygens (including phenoxy) is 1. The molecule has 1 aliphatic rings. The maximum Gasteiger partial charge on any atom is 0.407 e. The zero-order chi connectivity index (χ0) is 25.2. The smallest absolute Gasteiger partial charge is 0.407 e. The number of hydrogen-bond acceptors (Lipinski definition) is 6. The van der Waals surface area contributed by atoms with Crippen molar-refractivity contribution in [2.45, 2.75) is 52.2 Å². The van der Waals surface area contributed by atoms with Crippen molar-refractivity contribution in [3.05, 3.63) is 53.4 Å². The molecular weight excluding hydrogens is 468 g/mol. The highest BCUT2D eigenvalue weighted by Crippen LogP contribution is 2.33. The fourth-order valence-corrected chi connectivity index (χ4v) is 4.48. The van der Waals surface area contributed by atoms with Crippen LogP contribution >= 0.6 is 11.6 Å². The van der Waals surface area contributed by atoms with E-state index in [0.29, 0.717) is 27.8 Å². The van der Waals surface area contributed by atoms with Crippen LogP contribution in [0.15, 0.2) is 42.9 Å². The highest BCUT2D eigenvalue weighted by molar-refractivity contribution is 6.31. The number of nitrogens with zero attached hydrogens (tertiary/aromatic N) is 4. The number of aromatic nitrogens is 3. The van der Waals surface area contributed by atoms with Crippen LogP contribution in [0.25, 0.3) is 5.65 Å². The van der Waals surface area contributed by atoms with Crippen LogP contribution in [0.3, 0.4) is 0 Å². The van der Waals surface area contributed by atoms with Gasteiger partial charge in [0.1, 0.15) is 11.2 Å². The Hall–Kier alpha value is -3.33. The summed E-state index contributed by atoms with van der Waals surface area (Å²) in [5.41, 5.74) is 1.88. The zero-order valence-corrected chi connectivity index (χ0v) is 21.2. The van der Waals surface area contributed by atoms with E-state index in [1.54, 1.807) is 29.0 Å². The summed E-state index contributed by atoms with van der Waals surface area (Å²) >= 11 is 6.27. The van der Waals surface area contributed by atoms with Gasteiger partial charge in [-0.15, -0.1) is 0 Å². The molecule has 1 saturated heterocycles. The number of amides is 2. The number of fused-ring (bicyclic) bond motifs is 1. The van der Waals surface area contributed by atoms with Gasteiger partial charge < -0.3 is 20.3 Å². The predicted molar refractivity (Wildman–Crippen MR) is 136 cm³/mol. The molecule has 2 aromatic heterocycles. The number of hydrogen-bond donors (Lipinski definition) is 2. The molecule has 0 saturated carbocycles. The molecule has 1 aliphatic heterocycles. The van der Waals surface area contributed by atoms with Gasteiger partial charge in [0.2, 0.25) is 0 Å². The Morgan fingerprint density at radius 2 is 1.97 bits per heavy atom. The quantitative estimate of drug-likeness (QED) is 0.525. The van der Waals surface area contributed by atoms with E-state index in [1.165, 1.54) is 6.20 Å². The molecule has 0 aliphatic carbocycles. The van der Waals surface area contributed by atoms with Crippen LogP contribution in [0.1, 0.15) is 50.9 Å². The molecule has 3 heterocycles. The molecule has 9 nitrogen and oxygen atoms in total. The van der Waals surface area contributed by atoms with Crippen LogP contribution in [-0.2, 0) is 4.74 Å². The Labute approximate surface area is 209 Å². The van der Waals surface area contributed by atoms with Crippen LogP contribution < -0.4 is 15.5 Å². The first-order chi connectivity index (χ1) is 16.6. The molecule has 2 N–H and O–H groups in total. The number of nitrogens with one attached hydrogen (secondary N) is 2. The van der Waals surface area contributed by atoms with Gasteiger partial charge in [-0.1, -0.05) is 11.6 Å². The summed E-state index contributed by atoms with van der Waals surface area (Å²) in [6, 6.07) is 7.26. The molecule has 3 aromatic rings. The number of carbonyl (C=O) groups is 2. The first-order valence-corrected chi connectivity index (χ1v) is 12.1. The molecule has 186 valence electrons. The van der Waals surface area contributed by atoms with Crippen LogP contribution in [0.2, 0.25) is 5.02 Å². The molecule has 0 bridgehead atoms. The minimum Gasteiger partial charge on any atom is -0.444 e. The molecule has 10 heteroatoms. The lowest BCUT2D eigenvalue weighted by Crippen LogP contribution is -2.45. The highest BCUT2D eigenvalue weighted by Gasteiger charge is 2.28. The largest absolute Gasteiger partial charge is 0.444 e. The molecule has 1 aromatic carbocycles. The van der Waals surface area contributed by atoms with Crippen LogP contribution in [0.5, 0.6) is 0 Å². The highest BCUT2D eigenvalue weighted by atomic mass is 35.5. The van der Waals surface area contributed by atoms with Crippen molar-refractivity contribution in [3.8, 4) is 0 Å². The summed E-state index contributed by atoms with van der Waals surface area (Å²) in [4.78, 5) is 31.7. The van der Waals surface area contributed by atoms with E-state index in [0.717, 1.165) is 31.6 Å². The molecular formula is C25H31ClN6O3. The molecule has 2 amide bonds. The number of alkyl carbamates (subject to hydrolysis) is 1. The lowest BCUT2D eigenvalue weighted by Gasteiger charge is -2.37. The van der Waals surface area contributed by atoms with Gasteiger partial charge in [0.15, 0.2) is 5.65 Å². The average Bonchev–Trinajstić information content (AvgIpc) is 3.22. The molecule has 35 heavy (non-hydrogen) atoms. The summed E-state index contributed by atoms with van der Waals surface area (Å²) in [5.74, 6) is 0.0289. The van der Waals surface area contributed by atoms with Crippen LogP contribution in [-0.4, -0.2) is 51.3 Å². The third kappa shape index (κ3) is 6.03. The third-order valence-electron chi connectivity index (χ3n) is 6.06. The Morgan fingerprint density at radius 1 is 1.23 bits per heavy atom. The van der Waals surface area contributed by atoms with Gasteiger partial charge >= 0.3 is 6.09 Å². The molecule has 4 rings (SSSR count). The molecule has 1 unspecified atom stereocenters. The fraction of sp³-hybridized carbons (Fsp3) is 0.440. The van der Waals surface area contributed by atoms with E-state index in [1.807, 2.05) is 39.8 Å². The standard InChI is InChI=1S/C25H31ClN6O3/c1-16(29-24(34)35-25(2,3)4)17-8-12-31(13-9-17)21-7-6-18(26)14-20(21)30-23(33)19-15-28-32-11-5-10-27-22(19)32/h5-7,10-11,14-17H,8-9,12-13H2,1-4H3,(H,29,34)(H,30,33). The lowest BCUT2D eigenvalue weighted by atomic mass is 9.90. The van der Waals surface area contributed by atoms with E-state index >= 15 is 0 Å². The number of anilines is 2. The van der Waals surface area contributed by atoms with Crippen molar-refractivity contribution in [1.29, 1.82) is 0 Å². The summed E-state index contributed by atoms with van der Waals surface area (Å²) < 4.78 is 6.95. The van der Waals surface area contributed by atoms with Crippen molar-refractivity contribution in [2.24, 2.45) is 5.92 Å². The Balaban J connectivity index is 1.42.